The van der Waals surface area contributed by atoms with Gasteiger partial charge in [-0.05, 0) is 58.8 Å². The summed E-state index contributed by atoms with van der Waals surface area (Å²) in [7, 11) is 0. The smallest absolute Gasteiger partial charge is 0.201 e. The van der Waals surface area contributed by atoms with Gasteiger partial charge in [0.05, 0.1) is 23.3 Å². The van der Waals surface area contributed by atoms with Gasteiger partial charge in [-0.15, -0.1) is 0 Å². The Labute approximate surface area is 131 Å². The highest BCUT2D eigenvalue weighted by Crippen LogP contribution is 2.22. The van der Waals surface area contributed by atoms with Gasteiger partial charge >= 0.3 is 0 Å². The summed E-state index contributed by atoms with van der Waals surface area (Å²) in [6, 6.07) is 10.3. The Morgan fingerprint density at radius 1 is 1.30 bits per heavy atom. The number of anilines is 1. The Bertz CT molecular complexity index is 764. The molecular weight excluding hydrogens is 363 g/mol. The van der Waals surface area contributed by atoms with E-state index in [4.69, 9.17) is 5.73 Å². The first-order valence-corrected chi connectivity index (χ1v) is 7.61. The number of fused-ring (bicyclic) bond motifs is 1. The third kappa shape index (κ3) is 2.37. The van der Waals surface area contributed by atoms with E-state index in [-0.39, 0.29) is 0 Å². The molecule has 1 aromatic carbocycles. The van der Waals surface area contributed by atoms with Crippen molar-refractivity contribution in [3.05, 3.63) is 51.4 Å². The van der Waals surface area contributed by atoms with Crippen LogP contribution in [-0.4, -0.2) is 14.5 Å². The van der Waals surface area contributed by atoms with Crippen LogP contribution >= 0.6 is 22.6 Å². The van der Waals surface area contributed by atoms with E-state index in [1.807, 2.05) is 22.9 Å². The molecule has 2 aromatic heterocycles. The van der Waals surface area contributed by atoms with Crippen molar-refractivity contribution in [1.82, 2.24) is 14.5 Å². The van der Waals surface area contributed by atoms with Gasteiger partial charge in [0.2, 0.25) is 5.95 Å². The van der Waals surface area contributed by atoms with Crippen molar-refractivity contribution >= 4 is 39.6 Å². The molecule has 0 fully saturated rings. The minimum Gasteiger partial charge on any atom is -0.369 e. The van der Waals surface area contributed by atoms with Crippen LogP contribution < -0.4 is 5.73 Å². The second-order valence-electron chi connectivity index (χ2n) is 4.65. The van der Waals surface area contributed by atoms with Crippen LogP contribution in [-0.2, 0) is 13.0 Å². The molecule has 0 radical (unpaired) electrons. The van der Waals surface area contributed by atoms with Gasteiger partial charge in [-0.3, -0.25) is 4.98 Å². The fourth-order valence-electron chi connectivity index (χ4n) is 2.37. The monoisotopic (exact) mass is 378 g/mol. The molecule has 5 heteroatoms. The highest BCUT2D eigenvalue weighted by Gasteiger charge is 2.11. The van der Waals surface area contributed by atoms with Crippen LogP contribution in [0.4, 0.5) is 5.95 Å². The number of hydrogen-bond donors (Lipinski definition) is 1. The molecule has 0 saturated carbocycles. The maximum absolute atomic E-state index is 6.06. The standard InChI is InChI=1S/C15H15IN4/c1-2-10-4-3-7-18-13(10)9-20-14-6-5-11(16)8-12(14)19-15(20)17/h3-8H,2,9H2,1H3,(H2,17,19). The minimum atomic E-state index is 0.537. The van der Waals surface area contributed by atoms with E-state index >= 15 is 0 Å². The van der Waals surface area contributed by atoms with Crippen molar-refractivity contribution in [1.29, 1.82) is 0 Å². The molecule has 0 aliphatic carbocycles. The van der Waals surface area contributed by atoms with Gasteiger partial charge in [-0.1, -0.05) is 13.0 Å². The molecule has 2 heterocycles. The number of nitrogen functional groups attached to an aromatic ring is 1. The van der Waals surface area contributed by atoms with E-state index < -0.39 is 0 Å². The Hall–Kier alpha value is -1.63. The lowest BCUT2D eigenvalue weighted by molar-refractivity contribution is 0.793. The lowest BCUT2D eigenvalue weighted by Gasteiger charge is -2.09. The number of pyridine rings is 1. The van der Waals surface area contributed by atoms with E-state index in [0.717, 1.165) is 26.7 Å². The Morgan fingerprint density at radius 2 is 2.15 bits per heavy atom. The molecule has 0 unspecified atom stereocenters. The minimum absolute atomic E-state index is 0.537. The van der Waals surface area contributed by atoms with Crippen molar-refractivity contribution in [2.75, 3.05) is 5.73 Å². The summed E-state index contributed by atoms with van der Waals surface area (Å²) in [6.07, 6.45) is 2.79. The zero-order chi connectivity index (χ0) is 14.1. The largest absolute Gasteiger partial charge is 0.369 e. The van der Waals surface area contributed by atoms with Crippen LogP contribution in [0.2, 0.25) is 0 Å². The third-order valence-electron chi connectivity index (χ3n) is 3.41. The molecule has 0 aliphatic rings. The number of rotatable bonds is 3. The van der Waals surface area contributed by atoms with Gasteiger partial charge in [0, 0.05) is 9.77 Å². The number of halogens is 1. The number of aryl methyl sites for hydroxylation is 1. The average molecular weight is 378 g/mol. The maximum atomic E-state index is 6.06. The topological polar surface area (TPSA) is 56.7 Å². The van der Waals surface area contributed by atoms with Crippen molar-refractivity contribution < 1.29 is 0 Å². The van der Waals surface area contributed by atoms with Gasteiger partial charge in [0.15, 0.2) is 0 Å². The molecule has 4 nitrogen and oxygen atoms in total. The predicted octanol–water partition coefficient (Wildman–Crippen LogP) is 3.23. The van der Waals surface area contributed by atoms with Crippen LogP contribution in [0.15, 0.2) is 36.5 Å². The van der Waals surface area contributed by atoms with E-state index in [1.165, 1.54) is 5.56 Å². The molecule has 20 heavy (non-hydrogen) atoms. The summed E-state index contributed by atoms with van der Waals surface area (Å²) in [5.74, 6) is 0.537. The number of nitrogens with two attached hydrogens (primary N) is 1. The second kappa shape index (κ2) is 5.40. The summed E-state index contributed by atoms with van der Waals surface area (Å²) in [4.78, 5) is 8.92. The summed E-state index contributed by atoms with van der Waals surface area (Å²) in [6.45, 7) is 2.80. The molecule has 0 aliphatic heterocycles. The first-order valence-electron chi connectivity index (χ1n) is 6.53. The van der Waals surface area contributed by atoms with Crippen molar-refractivity contribution in [3.8, 4) is 0 Å². The van der Waals surface area contributed by atoms with E-state index in [1.54, 1.807) is 0 Å². The van der Waals surface area contributed by atoms with Gasteiger partial charge < -0.3 is 10.3 Å². The highest BCUT2D eigenvalue weighted by atomic mass is 127. The molecule has 2 N–H and O–H groups in total. The first kappa shape index (κ1) is 13.4. The summed E-state index contributed by atoms with van der Waals surface area (Å²) in [5, 5.41) is 0. The highest BCUT2D eigenvalue weighted by molar-refractivity contribution is 14.1. The number of hydrogen-bond acceptors (Lipinski definition) is 3. The number of aromatic nitrogens is 3. The van der Waals surface area contributed by atoms with E-state index in [2.05, 4.69) is 57.7 Å². The predicted molar refractivity (Wildman–Crippen MR) is 89.6 cm³/mol. The van der Waals surface area contributed by atoms with Gasteiger partial charge in [0.1, 0.15) is 0 Å². The van der Waals surface area contributed by atoms with Crippen LogP contribution in [0.25, 0.3) is 11.0 Å². The first-order chi connectivity index (χ1) is 9.69. The molecule has 0 saturated heterocycles. The zero-order valence-corrected chi connectivity index (χ0v) is 13.3. The number of nitrogens with zero attached hydrogens (tertiary/aromatic N) is 3. The molecule has 3 rings (SSSR count). The summed E-state index contributed by atoms with van der Waals surface area (Å²) in [5.41, 5.74) is 10.4. The lowest BCUT2D eigenvalue weighted by atomic mass is 10.1. The summed E-state index contributed by atoms with van der Waals surface area (Å²) >= 11 is 2.28. The average Bonchev–Trinajstić information content (AvgIpc) is 2.75. The molecule has 0 amide bonds. The Kier molecular flexibility index (Phi) is 3.60. The van der Waals surface area contributed by atoms with Gasteiger partial charge in [-0.2, -0.15) is 0 Å². The van der Waals surface area contributed by atoms with Gasteiger partial charge in [-0.25, -0.2) is 4.98 Å². The molecular formula is C15H15IN4. The fraction of sp³-hybridized carbons (Fsp3) is 0.200. The van der Waals surface area contributed by atoms with Crippen molar-refractivity contribution in [2.24, 2.45) is 0 Å². The van der Waals surface area contributed by atoms with Crippen LogP contribution in [0.5, 0.6) is 0 Å². The quantitative estimate of drug-likeness (QED) is 0.712. The van der Waals surface area contributed by atoms with Crippen LogP contribution in [0.3, 0.4) is 0 Å². The molecule has 0 bridgehead atoms. The van der Waals surface area contributed by atoms with Crippen molar-refractivity contribution in [3.63, 3.8) is 0 Å². The number of imidazole rings is 1. The Morgan fingerprint density at radius 3 is 2.95 bits per heavy atom. The zero-order valence-electron chi connectivity index (χ0n) is 11.2. The van der Waals surface area contributed by atoms with E-state index in [9.17, 15) is 0 Å². The molecule has 102 valence electrons. The second-order valence-corrected chi connectivity index (χ2v) is 5.90. The molecule has 0 atom stereocenters. The molecule has 0 spiro atoms. The SMILES string of the molecule is CCc1cccnc1Cn1c(N)nc2cc(I)ccc21. The summed E-state index contributed by atoms with van der Waals surface area (Å²) < 4.78 is 3.18. The Balaban J connectivity index is 2.08. The molecule has 3 aromatic rings. The van der Waals surface area contributed by atoms with Crippen LogP contribution in [0.1, 0.15) is 18.2 Å². The van der Waals surface area contributed by atoms with Gasteiger partial charge in [0.25, 0.3) is 0 Å². The maximum Gasteiger partial charge on any atom is 0.201 e. The fourth-order valence-corrected chi connectivity index (χ4v) is 2.85. The van der Waals surface area contributed by atoms with E-state index in [0.29, 0.717) is 12.5 Å². The lowest BCUT2D eigenvalue weighted by Crippen LogP contribution is -2.08. The normalized spacial score (nSPS) is 11.1. The van der Waals surface area contributed by atoms with Crippen LogP contribution in [0, 0.1) is 3.57 Å². The number of benzene rings is 1. The third-order valence-corrected chi connectivity index (χ3v) is 4.08. The van der Waals surface area contributed by atoms with Crippen molar-refractivity contribution in [2.45, 2.75) is 19.9 Å².